The first-order valence-electron chi connectivity index (χ1n) is 6.90. The van der Waals surface area contributed by atoms with Gasteiger partial charge in [0.1, 0.15) is 6.04 Å². The zero-order valence-electron chi connectivity index (χ0n) is 11.2. The van der Waals surface area contributed by atoms with Gasteiger partial charge in [-0.05, 0) is 25.7 Å². The highest BCUT2D eigenvalue weighted by Gasteiger charge is 2.42. The van der Waals surface area contributed by atoms with Crippen molar-refractivity contribution in [2.45, 2.75) is 70.1 Å². The van der Waals surface area contributed by atoms with E-state index in [0.29, 0.717) is 19.3 Å². The van der Waals surface area contributed by atoms with Crippen LogP contribution in [-0.4, -0.2) is 29.3 Å². The van der Waals surface area contributed by atoms with E-state index in [1.807, 2.05) is 6.92 Å². The van der Waals surface area contributed by atoms with Crippen LogP contribution >= 0.6 is 0 Å². The fourth-order valence-electron chi connectivity index (χ4n) is 2.61. The van der Waals surface area contributed by atoms with Gasteiger partial charge in [-0.15, -0.1) is 0 Å². The Hall–Kier alpha value is -0.780. The van der Waals surface area contributed by atoms with Gasteiger partial charge in [-0.25, -0.2) is 0 Å². The van der Waals surface area contributed by atoms with Gasteiger partial charge in [0.25, 0.3) is 0 Å². The molecule has 0 aliphatic heterocycles. The number of hydrogen-bond acceptors (Lipinski definition) is 2. The van der Waals surface area contributed by atoms with Gasteiger partial charge in [-0.3, -0.25) is 4.79 Å². The Morgan fingerprint density at radius 3 is 2.63 bits per heavy atom. The molecule has 6 heteroatoms. The van der Waals surface area contributed by atoms with Crippen molar-refractivity contribution in [3.8, 4) is 0 Å². The Labute approximate surface area is 111 Å². The first-order chi connectivity index (χ1) is 8.84. The molecular formula is C13H22F3NO2. The Balaban J connectivity index is 2.52. The summed E-state index contributed by atoms with van der Waals surface area (Å²) >= 11 is 0. The van der Waals surface area contributed by atoms with Crippen molar-refractivity contribution >= 4 is 5.97 Å². The summed E-state index contributed by atoms with van der Waals surface area (Å²) in [6.07, 6.45) is -0.763. The molecule has 19 heavy (non-hydrogen) atoms. The molecule has 1 fully saturated rings. The molecule has 0 aromatic carbocycles. The molecular weight excluding hydrogens is 259 g/mol. The lowest BCUT2D eigenvalue weighted by molar-refractivity contribution is -0.184. The van der Waals surface area contributed by atoms with Crippen molar-refractivity contribution in [2.24, 2.45) is 5.92 Å². The monoisotopic (exact) mass is 281 g/mol. The summed E-state index contributed by atoms with van der Waals surface area (Å²) in [5, 5.41) is 12.0. The van der Waals surface area contributed by atoms with Crippen LogP contribution in [0.4, 0.5) is 13.2 Å². The van der Waals surface area contributed by atoms with Gasteiger partial charge < -0.3 is 10.4 Å². The highest BCUT2D eigenvalue weighted by Crippen LogP contribution is 2.37. The van der Waals surface area contributed by atoms with Gasteiger partial charge >= 0.3 is 12.1 Å². The van der Waals surface area contributed by atoms with E-state index in [9.17, 15) is 18.0 Å². The third-order valence-corrected chi connectivity index (χ3v) is 3.72. The maximum Gasteiger partial charge on any atom is 0.391 e. The SMILES string of the molecule is CCCC[C@H](NC1CCCC(C(F)(F)F)C1)C(=O)O. The van der Waals surface area contributed by atoms with Gasteiger partial charge in [0.2, 0.25) is 0 Å². The molecule has 2 N–H and O–H groups in total. The van der Waals surface area contributed by atoms with Crippen molar-refractivity contribution in [1.82, 2.24) is 5.32 Å². The van der Waals surface area contributed by atoms with Crippen LogP contribution in [0.15, 0.2) is 0 Å². The highest BCUT2D eigenvalue weighted by atomic mass is 19.4. The van der Waals surface area contributed by atoms with Crippen LogP contribution in [0.25, 0.3) is 0 Å². The third kappa shape index (κ3) is 5.38. The van der Waals surface area contributed by atoms with Crippen molar-refractivity contribution in [3.63, 3.8) is 0 Å². The van der Waals surface area contributed by atoms with Crippen LogP contribution in [0.1, 0.15) is 51.9 Å². The summed E-state index contributed by atoms with van der Waals surface area (Å²) in [4.78, 5) is 11.1. The molecule has 0 spiro atoms. The second-order valence-electron chi connectivity index (χ2n) is 5.30. The standard InChI is InChI=1S/C13H22F3NO2/c1-2-3-7-11(12(18)19)17-10-6-4-5-9(8-10)13(14,15)16/h9-11,17H,2-8H2,1H3,(H,18,19)/t9?,10?,11-/m0/s1. The smallest absolute Gasteiger partial charge is 0.391 e. The molecule has 0 bridgehead atoms. The lowest BCUT2D eigenvalue weighted by Gasteiger charge is -2.32. The second-order valence-corrected chi connectivity index (χ2v) is 5.30. The van der Waals surface area contributed by atoms with Crippen LogP contribution < -0.4 is 5.32 Å². The maximum atomic E-state index is 12.7. The molecule has 0 radical (unpaired) electrons. The zero-order valence-corrected chi connectivity index (χ0v) is 11.2. The molecule has 0 heterocycles. The average molecular weight is 281 g/mol. The zero-order chi connectivity index (χ0) is 14.5. The predicted octanol–water partition coefficient (Wildman–Crippen LogP) is 3.34. The molecule has 3 atom stereocenters. The molecule has 3 nitrogen and oxygen atoms in total. The molecule has 0 amide bonds. The average Bonchev–Trinajstić information content (AvgIpc) is 2.33. The van der Waals surface area contributed by atoms with Crippen molar-refractivity contribution in [2.75, 3.05) is 0 Å². The van der Waals surface area contributed by atoms with Crippen LogP contribution in [0.2, 0.25) is 0 Å². The minimum Gasteiger partial charge on any atom is -0.480 e. The van der Waals surface area contributed by atoms with Crippen molar-refractivity contribution < 1.29 is 23.1 Å². The summed E-state index contributed by atoms with van der Waals surface area (Å²) in [6.45, 7) is 1.96. The lowest BCUT2D eigenvalue weighted by atomic mass is 9.85. The summed E-state index contributed by atoms with van der Waals surface area (Å²) in [5.41, 5.74) is 0. The van der Waals surface area contributed by atoms with E-state index < -0.39 is 24.1 Å². The minimum absolute atomic E-state index is 0.000590. The van der Waals surface area contributed by atoms with Crippen LogP contribution in [0.3, 0.4) is 0 Å². The first-order valence-corrected chi connectivity index (χ1v) is 6.90. The van der Waals surface area contributed by atoms with Gasteiger partial charge in [-0.1, -0.05) is 26.2 Å². The molecule has 2 unspecified atom stereocenters. The third-order valence-electron chi connectivity index (χ3n) is 3.72. The van der Waals surface area contributed by atoms with Crippen LogP contribution in [0, 0.1) is 5.92 Å². The molecule has 0 saturated heterocycles. The van der Waals surface area contributed by atoms with E-state index >= 15 is 0 Å². The first kappa shape index (κ1) is 16.3. The number of unbranched alkanes of at least 4 members (excludes halogenated alkanes) is 1. The number of nitrogens with one attached hydrogen (secondary N) is 1. The number of hydrogen-bond donors (Lipinski definition) is 2. The highest BCUT2D eigenvalue weighted by molar-refractivity contribution is 5.73. The summed E-state index contributed by atoms with van der Waals surface area (Å²) in [6, 6.07) is -1.06. The number of alkyl halides is 3. The molecule has 0 aromatic rings. The number of carboxylic acid groups (broad SMARTS) is 1. The topological polar surface area (TPSA) is 49.3 Å². The minimum atomic E-state index is -4.16. The summed E-state index contributed by atoms with van der Waals surface area (Å²) < 4.78 is 38.0. The number of rotatable bonds is 6. The van der Waals surface area contributed by atoms with Crippen molar-refractivity contribution in [3.05, 3.63) is 0 Å². The summed E-state index contributed by atoms with van der Waals surface area (Å²) in [5.74, 6) is -2.26. The van der Waals surface area contributed by atoms with Gasteiger partial charge in [-0.2, -0.15) is 13.2 Å². The van der Waals surface area contributed by atoms with Gasteiger partial charge in [0, 0.05) is 6.04 Å². The van der Waals surface area contributed by atoms with E-state index in [-0.39, 0.29) is 18.9 Å². The normalized spacial score (nSPS) is 26.1. The number of carboxylic acids is 1. The molecule has 1 aliphatic carbocycles. The van der Waals surface area contributed by atoms with E-state index in [4.69, 9.17) is 5.11 Å². The van der Waals surface area contributed by atoms with Crippen LogP contribution in [-0.2, 0) is 4.79 Å². The fraction of sp³-hybridized carbons (Fsp3) is 0.923. The quantitative estimate of drug-likeness (QED) is 0.785. The molecule has 112 valence electrons. The van der Waals surface area contributed by atoms with Crippen molar-refractivity contribution in [1.29, 1.82) is 0 Å². The largest absolute Gasteiger partial charge is 0.480 e. The van der Waals surface area contributed by atoms with Gasteiger partial charge in [0.05, 0.1) is 5.92 Å². The van der Waals surface area contributed by atoms with E-state index in [1.165, 1.54) is 0 Å². The molecule has 1 rings (SSSR count). The molecule has 1 aliphatic rings. The number of halogens is 3. The van der Waals surface area contributed by atoms with Crippen LogP contribution in [0.5, 0.6) is 0 Å². The Kier molecular flexibility index (Phi) is 6.10. The van der Waals surface area contributed by atoms with E-state index in [0.717, 1.165) is 12.8 Å². The Morgan fingerprint density at radius 1 is 1.42 bits per heavy atom. The van der Waals surface area contributed by atoms with E-state index in [1.54, 1.807) is 0 Å². The predicted molar refractivity (Wildman–Crippen MR) is 65.9 cm³/mol. The maximum absolute atomic E-state index is 12.7. The lowest BCUT2D eigenvalue weighted by Crippen LogP contribution is -2.46. The Morgan fingerprint density at radius 2 is 2.11 bits per heavy atom. The fourth-order valence-corrected chi connectivity index (χ4v) is 2.61. The number of aliphatic carboxylic acids is 1. The Bertz CT molecular complexity index is 294. The van der Waals surface area contributed by atoms with Gasteiger partial charge in [0.15, 0.2) is 0 Å². The number of carbonyl (C=O) groups is 1. The summed E-state index contributed by atoms with van der Waals surface area (Å²) in [7, 11) is 0. The van der Waals surface area contributed by atoms with E-state index in [2.05, 4.69) is 5.32 Å². The molecule has 1 saturated carbocycles. The molecule has 0 aromatic heterocycles. The second kappa shape index (κ2) is 7.12.